The number of halogens is 1. The molecule has 35 heavy (non-hydrogen) atoms. The van der Waals surface area contributed by atoms with Gasteiger partial charge in [-0.1, -0.05) is 65.3 Å². The topological polar surface area (TPSA) is 96.3 Å². The number of nitrogens with zero attached hydrogens (tertiary/aromatic N) is 3. The fourth-order valence-electron chi connectivity index (χ4n) is 4.31. The van der Waals surface area contributed by atoms with E-state index in [1.54, 1.807) is 16.4 Å². The van der Waals surface area contributed by atoms with E-state index in [4.69, 9.17) is 0 Å². The number of hydrogen-bond donors (Lipinski definition) is 2. The van der Waals surface area contributed by atoms with Gasteiger partial charge in [-0.3, -0.25) is 14.4 Å². The molecule has 1 unspecified atom stereocenters. The van der Waals surface area contributed by atoms with E-state index in [1.165, 1.54) is 6.33 Å². The van der Waals surface area contributed by atoms with Crippen molar-refractivity contribution in [3.8, 4) is 0 Å². The summed E-state index contributed by atoms with van der Waals surface area (Å²) in [5, 5.41) is 5.81. The smallest absolute Gasteiger partial charge is 0.273 e. The summed E-state index contributed by atoms with van der Waals surface area (Å²) in [7, 11) is 0. The van der Waals surface area contributed by atoms with Crippen molar-refractivity contribution in [2.75, 3.05) is 6.54 Å². The van der Waals surface area contributed by atoms with Crippen molar-refractivity contribution in [3.05, 3.63) is 87.9 Å². The zero-order valence-corrected chi connectivity index (χ0v) is 21.3. The molecular weight excluding hydrogens is 510 g/mol. The molecule has 3 amide bonds. The van der Waals surface area contributed by atoms with Gasteiger partial charge in [-0.25, -0.2) is 4.98 Å². The van der Waals surface area contributed by atoms with Crippen molar-refractivity contribution in [1.82, 2.24) is 25.1 Å². The maximum absolute atomic E-state index is 13.6. The summed E-state index contributed by atoms with van der Waals surface area (Å²) in [5.74, 6) is -1.05. The van der Waals surface area contributed by atoms with Crippen LogP contribution in [0.25, 0.3) is 0 Å². The highest BCUT2D eigenvalue weighted by Gasteiger charge is 2.48. The van der Waals surface area contributed by atoms with Gasteiger partial charge in [0.05, 0.1) is 12.9 Å². The van der Waals surface area contributed by atoms with Crippen LogP contribution in [0.5, 0.6) is 0 Å². The Balaban J connectivity index is 1.54. The molecule has 182 valence electrons. The van der Waals surface area contributed by atoms with Crippen LogP contribution in [0.1, 0.15) is 52.4 Å². The number of amides is 3. The molecule has 3 aromatic rings. The lowest BCUT2D eigenvalue weighted by Crippen LogP contribution is -2.64. The first-order valence-corrected chi connectivity index (χ1v) is 12.3. The first-order chi connectivity index (χ1) is 16.8. The van der Waals surface area contributed by atoms with E-state index in [-0.39, 0.29) is 29.7 Å². The standard InChI is InChI=1S/C26H28BrN5O3/c1-3-12-32-24(34)22-21(23(33)28-15-19-10-7-11-20(27)13-19)30-17-31(22)16-26(32,2)25(35)29-14-18-8-5-4-6-9-18/h4-11,13,17H,3,12,14-16H2,1-2H3,(H,28,33)(H,29,35). The van der Waals surface area contributed by atoms with E-state index in [0.717, 1.165) is 15.6 Å². The Labute approximate surface area is 212 Å². The van der Waals surface area contributed by atoms with Crippen molar-refractivity contribution in [3.63, 3.8) is 0 Å². The highest BCUT2D eigenvalue weighted by Crippen LogP contribution is 2.29. The largest absolute Gasteiger partial charge is 0.350 e. The summed E-state index contributed by atoms with van der Waals surface area (Å²) in [4.78, 5) is 45.7. The van der Waals surface area contributed by atoms with Gasteiger partial charge in [-0.2, -0.15) is 0 Å². The monoisotopic (exact) mass is 537 g/mol. The second-order valence-corrected chi connectivity index (χ2v) is 9.70. The predicted octanol–water partition coefficient (Wildman–Crippen LogP) is 3.52. The van der Waals surface area contributed by atoms with Gasteiger partial charge in [0.1, 0.15) is 11.2 Å². The molecule has 0 spiro atoms. The van der Waals surface area contributed by atoms with Crippen LogP contribution >= 0.6 is 15.9 Å². The van der Waals surface area contributed by atoms with Crippen molar-refractivity contribution in [1.29, 1.82) is 0 Å². The lowest BCUT2D eigenvalue weighted by molar-refractivity contribution is -0.133. The minimum absolute atomic E-state index is 0.0674. The predicted molar refractivity (Wildman–Crippen MR) is 136 cm³/mol. The third kappa shape index (κ3) is 5.14. The quantitative estimate of drug-likeness (QED) is 0.459. The minimum Gasteiger partial charge on any atom is -0.350 e. The molecule has 0 aliphatic carbocycles. The van der Waals surface area contributed by atoms with Crippen LogP contribution in [0.4, 0.5) is 0 Å². The molecule has 1 aromatic heterocycles. The number of carbonyl (C=O) groups excluding carboxylic acids is 3. The minimum atomic E-state index is -1.11. The van der Waals surface area contributed by atoms with Crippen LogP contribution in [0.2, 0.25) is 0 Å². The van der Waals surface area contributed by atoms with Crippen LogP contribution < -0.4 is 10.6 Å². The number of imidazole rings is 1. The maximum Gasteiger partial charge on any atom is 0.273 e. The second kappa shape index (κ2) is 10.4. The SMILES string of the molecule is CCCN1C(=O)c2c(C(=O)NCc3cccc(Br)c3)ncn2CC1(C)C(=O)NCc1ccccc1. The van der Waals surface area contributed by atoms with Crippen LogP contribution in [0.15, 0.2) is 65.4 Å². The summed E-state index contributed by atoms with van der Waals surface area (Å²) < 4.78 is 2.53. The van der Waals surface area contributed by atoms with E-state index in [2.05, 4.69) is 31.5 Å². The molecule has 2 N–H and O–H groups in total. The van der Waals surface area contributed by atoms with Gasteiger partial charge < -0.3 is 20.1 Å². The Bertz CT molecular complexity index is 1240. The van der Waals surface area contributed by atoms with Crippen molar-refractivity contribution < 1.29 is 14.4 Å². The summed E-state index contributed by atoms with van der Waals surface area (Å²) in [6.07, 6.45) is 2.14. The van der Waals surface area contributed by atoms with Crippen molar-refractivity contribution >= 4 is 33.7 Å². The normalized spacial score (nSPS) is 17.1. The number of rotatable bonds is 8. The van der Waals surface area contributed by atoms with Gasteiger partial charge in [-0.05, 0) is 36.6 Å². The molecule has 0 saturated heterocycles. The number of aromatic nitrogens is 2. The maximum atomic E-state index is 13.6. The molecule has 0 saturated carbocycles. The Kier molecular flexibility index (Phi) is 7.35. The van der Waals surface area contributed by atoms with Gasteiger partial charge in [0, 0.05) is 24.1 Å². The van der Waals surface area contributed by atoms with Crippen LogP contribution in [0.3, 0.4) is 0 Å². The molecule has 0 fully saturated rings. The average Bonchev–Trinajstić information content (AvgIpc) is 3.28. The summed E-state index contributed by atoms with van der Waals surface area (Å²) in [6, 6.07) is 17.2. The van der Waals surface area contributed by atoms with Gasteiger partial charge in [0.25, 0.3) is 11.8 Å². The van der Waals surface area contributed by atoms with Crippen LogP contribution in [0, 0.1) is 0 Å². The molecular formula is C26H28BrN5O3. The molecule has 4 rings (SSSR count). The fourth-order valence-corrected chi connectivity index (χ4v) is 4.76. The molecule has 8 nitrogen and oxygen atoms in total. The van der Waals surface area contributed by atoms with Gasteiger partial charge in [0.2, 0.25) is 5.91 Å². The Morgan fingerprint density at radius 1 is 1.06 bits per heavy atom. The molecule has 1 aliphatic heterocycles. The third-order valence-electron chi connectivity index (χ3n) is 6.15. The fraction of sp³-hybridized carbons (Fsp3) is 0.308. The average molecular weight is 538 g/mol. The number of carbonyl (C=O) groups is 3. The van der Waals surface area contributed by atoms with Gasteiger partial charge >= 0.3 is 0 Å². The summed E-state index contributed by atoms with van der Waals surface area (Å²) in [5.41, 5.74) is 1.06. The van der Waals surface area contributed by atoms with Crippen molar-refractivity contribution in [2.24, 2.45) is 0 Å². The lowest BCUT2D eigenvalue weighted by Gasteiger charge is -2.43. The lowest BCUT2D eigenvalue weighted by atomic mass is 9.94. The molecule has 2 heterocycles. The highest BCUT2D eigenvalue weighted by atomic mass is 79.9. The molecule has 2 aromatic carbocycles. The number of nitrogens with one attached hydrogen (secondary N) is 2. The summed E-state index contributed by atoms with van der Waals surface area (Å²) in [6.45, 7) is 4.98. The first-order valence-electron chi connectivity index (χ1n) is 11.6. The number of fused-ring (bicyclic) bond motifs is 1. The Morgan fingerprint density at radius 3 is 2.49 bits per heavy atom. The van der Waals surface area contributed by atoms with E-state index < -0.39 is 11.4 Å². The number of benzene rings is 2. The molecule has 1 atom stereocenters. The van der Waals surface area contributed by atoms with Gasteiger partial charge in [0.15, 0.2) is 5.69 Å². The molecule has 0 bridgehead atoms. The molecule has 1 aliphatic rings. The third-order valence-corrected chi connectivity index (χ3v) is 6.64. The zero-order chi connectivity index (χ0) is 25.0. The van der Waals surface area contributed by atoms with Crippen LogP contribution in [-0.4, -0.2) is 44.3 Å². The van der Waals surface area contributed by atoms with E-state index in [9.17, 15) is 14.4 Å². The Hall–Kier alpha value is -3.46. The zero-order valence-electron chi connectivity index (χ0n) is 19.8. The first kappa shape index (κ1) is 24.7. The van der Waals surface area contributed by atoms with Crippen LogP contribution in [-0.2, 0) is 24.4 Å². The van der Waals surface area contributed by atoms with E-state index in [1.807, 2.05) is 61.5 Å². The van der Waals surface area contributed by atoms with Crippen molar-refractivity contribution in [2.45, 2.75) is 45.4 Å². The van der Waals surface area contributed by atoms with Gasteiger partial charge in [-0.15, -0.1) is 0 Å². The Morgan fingerprint density at radius 2 is 1.77 bits per heavy atom. The highest BCUT2D eigenvalue weighted by molar-refractivity contribution is 9.10. The second-order valence-electron chi connectivity index (χ2n) is 8.78. The number of hydrogen-bond acceptors (Lipinski definition) is 4. The van der Waals surface area contributed by atoms with E-state index >= 15 is 0 Å². The molecule has 0 radical (unpaired) electrons. The van der Waals surface area contributed by atoms with E-state index in [0.29, 0.717) is 26.1 Å². The molecule has 9 heteroatoms. The summed E-state index contributed by atoms with van der Waals surface area (Å²) >= 11 is 3.42.